The Morgan fingerprint density at radius 2 is 1.89 bits per heavy atom. The Morgan fingerprint density at radius 3 is 2.37 bits per heavy atom. The summed E-state index contributed by atoms with van der Waals surface area (Å²) >= 11 is 0. The monoisotopic (exact) mass is 272 g/mol. The van der Waals surface area contributed by atoms with Crippen LogP contribution in [0.2, 0.25) is 0 Å². The quantitative estimate of drug-likeness (QED) is 0.831. The fourth-order valence-electron chi connectivity index (χ4n) is 1.38. The molecule has 0 aliphatic rings. The van der Waals surface area contributed by atoms with Crippen LogP contribution in [0.3, 0.4) is 0 Å². The van der Waals surface area contributed by atoms with Crippen molar-refractivity contribution in [3.8, 4) is 5.75 Å². The van der Waals surface area contributed by atoms with Crippen LogP contribution in [-0.2, 0) is 11.3 Å². The zero-order valence-electron chi connectivity index (χ0n) is 10.9. The molecule has 0 aliphatic carbocycles. The van der Waals surface area contributed by atoms with Crippen molar-refractivity contribution >= 4 is 5.91 Å². The molecule has 0 fully saturated rings. The van der Waals surface area contributed by atoms with E-state index < -0.39 is 6.61 Å². The van der Waals surface area contributed by atoms with Crippen molar-refractivity contribution in [1.29, 1.82) is 0 Å². The molecule has 1 amide bonds. The number of benzene rings is 1. The standard InChI is InChI=1S/C13H18F2N2O2/c1-8(9(2)16)12(18)17-7-10-3-5-11(6-4-10)19-13(14)15/h3-6,8-9,13H,7,16H2,1-2H3,(H,17,18). The molecule has 1 aromatic carbocycles. The van der Waals surface area contributed by atoms with E-state index in [0.29, 0.717) is 6.54 Å². The van der Waals surface area contributed by atoms with Crippen LogP contribution in [0.25, 0.3) is 0 Å². The van der Waals surface area contributed by atoms with Gasteiger partial charge in [0.1, 0.15) is 5.75 Å². The second-order valence-electron chi connectivity index (χ2n) is 4.39. The van der Waals surface area contributed by atoms with Crippen LogP contribution < -0.4 is 15.8 Å². The van der Waals surface area contributed by atoms with Gasteiger partial charge in [0.05, 0.1) is 0 Å². The zero-order chi connectivity index (χ0) is 14.4. The smallest absolute Gasteiger partial charge is 0.387 e. The van der Waals surface area contributed by atoms with Crippen LogP contribution in [0.15, 0.2) is 24.3 Å². The molecule has 2 unspecified atom stereocenters. The lowest BCUT2D eigenvalue weighted by molar-refractivity contribution is -0.125. The molecule has 0 aromatic heterocycles. The van der Waals surface area contributed by atoms with Gasteiger partial charge in [0.25, 0.3) is 0 Å². The van der Waals surface area contributed by atoms with E-state index in [0.717, 1.165) is 5.56 Å². The van der Waals surface area contributed by atoms with Crippen molar-refractivity contribution in [3.05, 3.63) is 29.8 Å². The van der Waals surface area contributed by atoms with Gasteiger partial charge in [0, 0.05) is 18.5 Å². The average molecular weight is 272 g/mol. The molecule has 0 saturated heterocycles. The van der Waals surface area contributed by atoms with Gasteiger partial charge in [-0.15, -0.1) is 0 Å². The molecule has 0 spiro atoms. The average Bonchev–Trinajstić information content (AvgIpc) is 2.35. The first-order chi connectivity index (χ1) is 8.90. The third kappa shape index (κ3) is 5.21. The van der Waals surface area contributed by atoms with Gasteiger partial charge < -0.3 is 15.8 Å². The van der Waals surface area contributed by atoms with Crippen molar-refractivity contribution in [2.45, 2.75) is 33.0 Å². The van der Waals surface area contributed by atoms with E-state index in [4.69, 9.17) is 5.73 Å². The summed E-state index contributed by atoms with van der Waals surface area (Å²) in [5.74, 6) is -0.321. The van der Waals surface area contributed by atoms with Gasteiger partial charge in [-0.1, -0.05) is 19.1 Å². The van der Waals surface area contributed by atoms with Crippen molar-refractivity contribution in [3.63, 3.8) is 0 Å². The maximum absolute atomic E-state index is 11.9. The van der Waals surface area contributed by atoms with E-state index in [1.165, 1.54) is 12.1 Å². The Balaban J connectivity index is 2.48. The molecule has 0 heterocycles. The molecule has 4 nitrogen and oxygen atoms in total. The van der Waals surface area contributed by atoms with Crippen LogP contribution in [0, 0.1) is 5.92 Å². The minimum Gasteiger partial charge on any atom is -0.435 e. The van der Waals surface area contributed by atoms with Gasteiger partial charge >= 0.3 is 6.61 Å². The Hall–Kier alpha value is -1.69. The lowest BCUT2D eigenvalue weighted by atomic mass is 10.0. The van der Waals surface area contributed by atoms with Crippen LogP contribution in [-0.4, -0.2) is 18.6 Å². The number of amides is 1. The highest BCUT2D eigenvalue weighted by atomic mass is 19.3. The summed E-state index contributed by atoms with van der Waals surface area (Å²) in [6.07, 6.45) is 0. The molecule has 3 N–H and O–H groups in total. The summed E-state index contributed by atoms with van der Waals surface area (Å²) in [4.78, 5) is 11.7. The lowest BCUT2D eigenvalue weighted by Gasteiger charge is -2.15. The Labute approximate surface area is 110 Å². The van der Waals surface area contributed by atoms with Gasteiger partial charge in [-0.3, -0.25) is 4.79 Å². The van der Waals surface area contributed by atoms with Gasteiger partial charge in [-0.25, -0.2) is 0 Å². The molecule has 6 heteroatoms. The van der Waals surface area contributed by atoms with E-state index in [1.807, 2.05) is 0 Å². The van der Waals surface area contributed by atoms with Crippen LogP contribution in [0.5, 0.6) is 5.75 Å². The molecular formula is C13H18F2N2O2. The Kier molecular flexibility index (Phi) is 5.69. The van der Waals surface area contributed by atoms with Gasteiger partial charge in [0.15, 0.2) is 0 Å². The first-order valence-electron chi connectivity index (χ1n) is 5.97. The maximum Gasteiger partial charge on any atom is 0.387 e. The highest BCUT2D eigenvalue weighted by Crippen LogP contribution is 2.14. The number of nitrogens with two attached hydrogens (primary N) is 1. The molecule has 106 valence electrons. The lowest BCUT2D eigenvalue weighted by Crippen LogP contribution is -2.38. The summed E-state index contributed by atoms with van der Waals surface area (Å²) in [5.41, 5.74) is 6.42. The first kappa shape index (κ1) is 15.4. The van der Waals surface area contributed by atoms with Gasteiger partial charge in [-0.2, -0.15) is 8.78 Å². The highest BCUT2D eigenvalue weighted by molar-refractivity contribution is 5.78. The van der Waals surface area contributed by atoms with Gasteiger partial charge in [-0.05, 0) is 24.6 Å². The van der Waals surface area contributed by atoms with Crippen LogP contribution in [0.1, 0.15) is 19.4 Å². The normalized spacial score (nSPS) is 14.0. The van der Waals surface area contributed by atoms with Crippen LogP contribution >= 0.6 is 0 Å². The second kappa shape index (κ2) is 7.04. The minimum atomic E-state index is -2.84. The maximum atomic E-state index is 11.9. The van der Waals surface area contributed by atoms with Crippen molar-refractivity contribution in [1.82, 2.24) is 5.32 Å². The predicted octanol–water partition coefficient (Wildman–Crippen LogP) is 1.89. The number of ether oxygens (including phenoxy) is 1. The van der Waals surface area contributed by atoms with E-state index in [2.05, 4.69) is 10.1 Å². The number of alkyl halides is 2. The van der Waals surface area contributed by atoms with Gasteiger partial charge in [0.2, 0.25) is 5.91 Å². The molecule has 1 aromatic rings. The summed E-state index contributed by atoms with van der Waals surface area (Å²) in [7, 11) is 0. The number of rotatable bonds is 6. The van der Waals surface area contributed by atoms with E-state index >= 15 is 0 Å². The molecule has 0 aliphatic heterocycles. The highest BCUT2D eigenvalue weighted by Gasteiger charge is 2.16. The summed E-state index contributed by atoms with van der Waals surface area (Å²) in [5, 5.41) is 2.73. The SMILES string of the molecule is CC(N)C(C)C(=O)NCc1ccc(OC(F)F)cc1. The minimum absolute atomic E-state index is 0.0917. The molecule has 1 rings (SSSR count). The third-order valence-electron chi connectivity index (χ3n) is 2.82. The van der Waals surface area contributed by atoms with Crippen LogP contribution in [0.4, 0.5) is 8.78 Å². The second-order valence-corrected chi connectivity index (χ2v) is 4.39. The van der Waals surface area contributed by atoms with E-state index in [1.54, 1.807) is 26.0 Å². The molecular weight excluding hydrogens is 254 g/mol. The van der Waals surface area contributed by atoms with E-state index in [-0.39, 0.29) is 23.6 Å². The first-order valence-corrected chi connectivity index (χ1v) is 5.97. The third-order valence-corrected chi connectivity index (χ3v) is 2.82. The van der Waals surface area contributed by atoms with Crippen molar-refractivity contribution in [2.75, 3.05) is 0 Å². The number of nitrogens with one attached hydrogen (secondary N) is 1. The molecule has 0 bridgehead atoms. The Bertz CT molecular complexity index is 408. The summed E-state index contributed by atoms with van der Waals surface area (Å²) < 4.78 is 28.1. The topological polar surface area (TPSA) is 64.4 Å². The number of carbonyl (C=O) groups excluding carboxylic acids is 1. The number of hydrogen-bond acceptors (Lipinski definition) is 3. The Morgan fingerprint density at radius 1 is 1.32 bits per heavy atom. The van der Waals surface area contributed by atoms with Crippen molar-refractivity contribution < 1.29 is 18.3 Å². The summed E-state index contributed by atoms with van der Waals surface area (Å²) in [6, 6.07) is 5.88. The summed E-state index contributed by atoms with van der Waals surface area (Å²) in [6.45, 7) is 1.00. The molecule has 0 radical (unpaired) electrons. The van der Waals surface area contributed by atoms with Crippen molar-refractivity contribution in [2.24, 2.45) is 11.7 Å². The zero-order valence-corrected chi connectivity index (χ0v) is 10.9. The fourth-order valence-corrected chi connectivity index (χ4v) is 1.38. The largest absolute Gasteiger partial charge is 0.435 e. The molecule has 2 atom stereocenters. The fraction of sp³-hybridized carbons (Fsp3) is 0.462. The molecule has 19 heavy (non-hydrogen) atoms. The number of hydrogen-bond donors (Lipinski definition) is 2. The predicted molar refractivity (Wildman–Crippen MR) is 67.7 cm³/mol. The molecule has 0 saturated carbocycles. The van der Waals surface area contributed by atoms with E-state index in [9.17, 15) is 13.6 Å². The number of carbonyl (C=O) groups is 1. The number of halogens is 2.